The predicted molar refractivity (Wildman–Crippen MR) is 42.0 cm³/mol. The van der Waals surface area contributed by atoms with Crippen molar-refractivity contribution >= 4 is 23.9 Å². The normalized spacial score (nSPS) is 25.8. The van der Waals surface area contributed by atoms with Gasteiger partial charge in [-0.25, -0.2) is 0 Å². The highest BCUT2D eigenvalue weighted by atomic mass is 35.6. The quantitative estimate of drug-likeness (QED) is 0.614. The van der Waals surface area contributed by atoms with Crippen LogP contribution in [0.1, 0.15) is 26.2 Å². The lowest BCUT2D eigenvalue weighted by Gasteiger charge is -2.07. The lowest BCUT2D eigenvalue weighted by molar-refractivity contribution is 0.220. The number of hydrogen-bond acceptors (Lipinski definition) is 2. The average Bonchev–Trinajstić information content (AvgIpc) is 2.31. The Morgan fingerprint density at radius 2 is 2.50 bits per heavy atom. The molecular weight excluding hydrogens is 166 g/mol. The smallest absolute Gasteiger partial charge is 0.464 e. The zero-order valence-electron chi connectivity index (χ0n) is 6.18. The Hall–Kier alpha value is 0.742. The molecule has 1 atom stereocenters. The second kappa shape index (κ2) is 4.59. The summed E-state index contributed by atoms with van der Waals surface area (Å²) < 4.78 is 10.5. The fraction of sp³-hybridized carbons (Fsp3) is 1.00. The third kappa shape index (κ3) is 2.78. The molecule has 4 heteroatoms. The van der Waals surface area contributed by atoms with E-state index in [1.165, 1.54) is 12.8 Å². The van der Waals surface area contributed by atoms with E-state index in [0.717, 1.165) is 13.0 Å². The molecular formula is C6H12AlClO2. The van der Waals surface area contributed by atoms with Crippen molar-refractivity contribution in [3.8, 4) is 0 Å². The maximum Gasteiger partial charge on any atom is 0.813 e. The summed E-state index contributed by atoms with van der Waals surface area (Å²) in [5.41, 5.74) is 0. The van der Waals surface area contributed by atoms with E-state index in [1.807, 2.05) is 0 Å². The van der Waals surface area contributed by atoms with Crippen LogP contribution >= 0.6 is 10.0 Å². The van der Waals surface area contributed by atoms with Crippen molar-refractivity contribution in [3.63, 3.8) is 0 Å². The molecule has 0 amide bonds. The predicted octanol–water partition coefficient (Wildman–Crippen LogP) is 1.82. The van der Waals surface area contributed by atoms with Crippen LogP contribution in [-0.2, 0) is 7.58 Å². The van der Waals surface area contributed by atoms with Crippen LogP contribution in [0.25, 0.3) is 0 Å². The second-order valence-electron chi connectivity index (χ2n) is 2.51. The van der Waals surface area contributed by atoms with E-state index in [9.17, 15) is 0 Å². The molecule has 0 bridgehead atoms. The highest BCUT2D eigenvalue weighted by molar-refractivity contribution is 6.99. The van der Waals surface area contributed by atoms with Gasteiger partial charge in [0.25, 0.3) is 0 Å². The molecule has 0 N–H and O–H groups in total. The van der Waals surface area contributed by atoms with Crippen LogP contribution < -0.4 is 0 Å². The standard InChI is InChI=1S/C6H12O2.Al.ClH/c1-2-3-4-6(8)5-7;;/h6H,2-5H2,1H3;;1H/q-2;+3;/p-1. The molecule has 0 spiro atoms. The molecule has 0 radical (unpaired) electrons. The maximum atomic E-state index is 5.68. The Bertz CT molecular complexity index is 102. The minimum absolute atomic E-state index is 0.300. The first kappa shape index (κ1) is 8.84. The number of unbranched alkanes of at least 4 members (excludes halogenated alkanes) is 1. The molecule has 0 aromatic heterocycles. The summed E-state index contributed by atoms with van der Waals surface area (Å²) in [4.78, 5) is 0. The fourth-order valence-corrected chi connectivity index (χ4v) is 2.61. The van der Waals surface area contributed by atoms with Crippen LogP contribution in [0.15, 0.2) is 0 Å². The molecule has 1 fully saturated rings. The van der Waals surface area contributed by atoms with Crippen LogP contribution in [0.5, 0.6) is 0 Å². The maximum absolute atomic E-state index is 5.68. The van der Waals surface area contributed by atoms with E-state index in [-0.39, 0.29) is 0 Å². The van der Waals surface area contributed by atoms with Crippen molar-refractivity contribution in [1.82, 2.24) is 0 Å². The highest BCUT2D eigenvalue weighted by Crippen LogP contribution is 2.15. The molecule has 1 unspecified atom stereocenters. The van der Waals surface area contributed by atoms with Gasteiger partial charge in [-0.1, -0.05) is 19.8 Å². The molecule has 1 aliphatic heterocycles. The molecule has 1 rings (SSSR count). The molecule has 0 aliphatic carbocycles. The van der Waals surface area contributed by atoms with E-state index < -0.39 is 13.9 Å². The summed E-state index contributed by atoms with van der Waals surface area (Å²) in [5, 5.41) is 0. The van der Waals surface area contributed by atoms with Gasteiger partial charge in [0.15, 0.2) is 0 Å². The van der Waals surface area contributed by atoms with E-state index in [0.29, 0.717) is 6.10 Å². The largest absolute Gasteiger partial charge is 0.813 e. The van der Waals surface area contributed by atoms with Crippen molar-refractivity contribution in [2.24, 2.45) is 0 Å². The number of rotatable bonds is 3. The minimum atomic E-state index is -1.68. The van der Waals surface area contributed by atoms with E-state index in [1.54, 1.807) is 0 Å². The third-order valence-corrected chi connectivity index (χ3v) is 3.33. The van der Waals surface area contributed by atoms with Gasteiger partial charge in [0.1, 0.15) is 0 Å². The molecule has 1 aliphatic rings. The molecule has 10 heavy (non-hydrogen) atoms. The van der Waals surface area contributed by atoms with Crippen molar-refractivity contribution in [2.45, 2.75) is 32.3 Å². The van der Waals surface area contributed by atoms with E-state index in [4.69, 9.17) is 17.6 Å². The summed E-state index contributed by atoms with van der Waals surface area (Å²) in [6.07, 6.45) is 3.83. The van der Waals surface area contributed by atoms with Crippen LogP contribution in [0.3, 0.4) is 0 Å². The van der Waals surface area contributed by atoms with Gasteiger partial charge in [-0.2, -0.15) is 10.0 Å². The van der Waals surface area contributed by atoms with Gasteiger partial charge in [-0.05, 0) is 6.42 Å². The van der Waals surface area contributed by atoms with Crippen LogP contribution in [0.4, 0.5) is 0 Å². The molecule has 58 valence electrons. The lowest BCUT2D eigenvalue weighted by Crippen LogP contribution is -2.10. The monoisotopic (exact) mass is 178 g/mol. The molecule has 1 saturated heterocycles. The first-order chi connectivity index (χ1) is 4.83. The van der Waals surface area contributed by atoms with Crippen LogP contribution in [-0.4, -0.2) is 26.6 Å². The van der Waals surface area contributed by atoms with Gasteiger partial charge in [-0.15, -0.1) is 0 Å². The van der Waals surface area contributed by atoms with Gasteiger partial charge in [-0.3, -0.25) is 0 Å². The zero-order valence-corrected chi connectivity index (χ0v) is 8.09. The lowest BCUT2D eigenvalue weighted by atomic mass is 10.2. The second-order valence-corrected chi connectivity index (χ2v) is 4.73. The van der Waals surface area contributed by atoms with Crippen LogP contribution in [0, 0.1) is 0 Å². The number of halogens is 1. The zero-order chi connectivity index (χ0) is 7.40. The minimum Gasteiger partial charge on any atom is -0.464 e. The summed E-state index contributed by atoms with van der Waals surface area (Å²) in [6.45, 7) is 2.89. The van der Waals surface area contributed by atoms with Crippen molar-refractivity contribution < 1.29 is 7.58 Å². The molecule has 0 saturated carbocycles. The Morgan fingerprint density at radius 1 is 1.70 bits per heavy atom. The molecule has 1 heterocycles. The Balaban J connectivity index is 2.06. The van der Waals surface area contributed by atoms with Crippen molar-refractivity contribution in [3.05, 3.63) is 0 Å². The van der Waals surface area contributed by atoms with Crippen molar-refractivity contribution in [2.75, 3.05) is 6.61 Å². The highest BCUT2D eigenvalue weighted by Gasteiger charge is 2.34. The van der Waals surface area contributed by atoms with Gasteiger partial charge in [0, 0.05) is 12.7 Å². The summed E-state index contributed by atoms with van der Waals surface area (Å²) in [6, 6.07) is 0. The first-order valence-electron chi connectivity index (χ1n) is 3.74. The first-order valence-corrected chi connectivity index (χ1v) is 6.43. The van der Waals surface area contributed by atoms with Gasteiger partial charge < -0.3 is 7.58 Å². The van der Waals surface area contributed by atoms with Gasteiger partial charge >= 0.3 is 13.9 Å². The summed E-state index contributed by atoms with van der Waals surface area (Å²) >= 11 is -1.68. The number of hydrogen-bond donors (Lipinski definition) is 0. The third-order valence-electron chi connectivity index (χ3n) is 1.59. The Morgan fingerprint density at radius 3 is 3.00 bits per heavy atom. The van der Waals surface area contributed by atoms with Crippen LogP contribution in [0.2, 0.25) is 0 Å². The van der Waals surface area contributed by atoms with E-state index >= 15 is 0 Å². The van der Waals surface area contributed by atoms with E-state index in [2.05, 4.69) is 6.92 Å². The Labute approximate surface area is 70.7 Å². The van der Waals surface area contributed by atoms with Gasteiger partial charge in [0.2, 0.25) is 0 Å². The molecule has 0 aromatic rings. The molecule has 0 aromatic carbocycles. The fourth-order valence-electron chi connectivity index (χ4n) is 0.996. The molecule has 2 nitrogen and oxygen atoms in total. The van der Waals surface area contributed by atoms with Crippen molar-refractivity contribution in [1.29, 1.82) is 0 Å². The SMILES string of the molecule is CCCCC1C[O][Al]([Cl])[O]1. The van der Waals surface area contributed by atoms with Gasteiger partial charge in [0.05, 0.1) is 0 Å². The topological polar surface area (TPSA) is 18.5 Å². The Kier molecular flexibility index (Phi) is 4.05. The average molecular weight is 179 g/mol. The summed E-state index contributed by atoms with van der Waals surface area (Å²) in [7, 11) is 5.68. The summed E-state index contributed by atoms with van der Waals surface area (Å²) in [5.74, 6) is 0.